The Morgan fingerprint density at radius 1 is 0.971 bits per heavy atom. The van der Waals surface area contributed by atoms with Crippen LogP contribution in [0.1, 0.15) is 24.0 Å². The molecule has 1 heterocycles. The van der Waals surface area contributed by atoms with Gasteiger partial charge >= 0.3 is 11.9 Å². The standard InChI is InChI=1S/C22H28N2O4.C2H2O4/c1-27-19-8-6-16(7-9-19)14-23-22(26)17-10-12-24(13-11-17)15-18-4-3-5-20(28-2)21(18)25;3-1(4)2(5)6/h3-9,17,25H,10-15H2,1-2H3,(H,23,26);(H,3,4)(H,5,6). The number of para-hydroxylation sites is 1. The van der Waals surface area contributed by atoms with Gasteiger partial charge in [0, 0.05) is 24.6 Å². The average molecular weight is 475 g/mol. The van der Waals surface area contributed by atoms with Crippen LogP contribution in [0.25, 0.3) is 0 Å². The lowest BCUT2D eigenvalue weighted by Crippen LogP contribution is -2.40. The number of rotatable bonds is 7. The molecule has 2 aromatic carbocycles. The van der Waals surface area contributed by atoms with Gasteiger partial charge in [-0.2, -0.15) is 0 Å². The highest BCUT2D eigenvalue weighted by Gasteiger charge is 2.25. The molecule has 0 unspecified atom stereocenters. The summed E-state index contributed by atoms with van der Waals surface area (Å²) in [6, 6.07) is 13.3. The van der Waals surface area contributed by atoms with Crippen molar-refractivity contribution >= 4 is 17.8 Å². The van der Waals surface area contributed by atoms with Crippen LogP contribution in [-0.2, 0) is 27.5 Å². The highest BCUT2D eigenvalue weighted by atomic mass is 16.5. The van der Waals surface area contributed by atoms with E-state index in [1.54, 1.807) is 20.3 Å². The molecule has 1 fully saturated rings. The molecule has 184 valence electrons. The number of phenolic OH excluding ortho intramolecular Hbond substituents is 1. The molecule has 0 atom stereocenters. The van der Waals surface area contributed by atoms with Crippen molar-refractivity contribution in [1.82, 2.24) is 10.2 Å². The van der Waals surface area contributed by atoms with Crippen LogP contribution in [0, 0.1) is 5.92 Å². The minimum Gasteiger partial charge on any atom is -0.504 e. The van der Waals surface area contributed by atoms with Crippen molar-refractivity contribution in [2.24, 2.45) is 5.92 Å². The molecule has 1 saturated heterocycles. The lowest BCUT2D eigenvalue weighted by Gasteiger charge is -2.31. The van der Waals surface area contributed by atoms with E-state index >= 15 is 0 Å². The molecule has 1 aliphatic rings. The van der Waals surface area contributed by atoms with Gasteiger partial charge in [-0.05, 0) is 49.7 Å². The second kappa shape index (κ2) is 13.0. The Kier molecular flexibility index (Phi) is 10.2. The van der Waals surface area contributed by atoms with E-state index in [2.05, 4.69) is 10.2 Å². The molecule has 0 radical (unpaired) electrons. The molecule has 0 aliphatic carbocycles. The molecule has 3 rings (SSSR count). The number of ether oxygens (including phenoxy) is 2. The van der Waals surface area contributed by atoms with Gasteiger partial charge in [-0.25, -0.2) is 9.59 Å². The molecule has 0 aromatic heterocycles. The van der Waals surface area contributed by atoms with Crippen molar-refractivity contribution in [3.63, 3.8) is 0 Å². The minimum atomic E-state index is -1.82. The number of aliphatic carboxylic acids is 2. The summed E-state index contributed by atoms with van der Waals surface area (Å²) in [5, 5.41) is 28.1. The van der Waals surface area contributed by atoms with Crippen molar-refractivity contribution in [3.8, 4) is 17.2 Å². The molecule has 2 aromatic rings. The Morgan fingerprint density at radius 3 is 2.12 bits per heavy atom. The monoisotopic (exact) mass is 474 g/mol. The maximum absolute atomic E-state index is 12.5. The van der Waals surface area contributed by atoms with Crippen molar-refractivity contribution in [1.29, 1.82) is 0 Å². The molecular weight excluding hydrogens is 444 g/mol. The first-order valence-electron chi connectivity index (χ1n) is 10.7. The number of hydrogen-bond donors (Lipinski definition) is 4. The second-order valence-corrected chi connectivity index (χ2v) is 7.69. The number of carboxylic acids is 2. The van der Waals surface area contributed by atoms with Crippen LogP contribution in [0.5, 0.6) is 17.2 Å². The number of phenols is 1. The van der Waals surface area contributed by atoms with Crippen LogP contribution in [0.2, 0.25) is 0 Å². The molecular formula is C24H30N2O8. The highest BCUT2D eigenvalue weighted by Crippen LogP contribution is 2.31. The van der Waals surface area contributed by atoms with Crippen LogP contribution in [0.4, 0.5) is 0 Å². The Morgan fingerprint density at radius 2 is 1.59 bits per heavy atom. The van der Waals surface area contributed by atoms with E-state index < -0.39 is 11.9 Å². The lowest BCUT2D eigenvalue weighted by molar-refractivity contribution is -0.159. The highest BCUT2D eigenvalue weighted by molar-refractivity contribution is 6.27. The maximum Gasteiger partial charge on any atom is 0.414 e. The van der Waals surface area contributed by atoms with Crippen LogP contribution in [0.15, 0.2) is 42.5 Å². The Hall–Kier alpha value is -3.79. The number of hydrogen-bond acceptors (Lipinski definition) is 7. The van der Waals surface area contributed by atoms with Crippen molar-refractivity contribution in [2.45, 2.75) is 25.9 Å². The number of nitrogens with zero attached hydrogens (tertiary/aromatic N) is 1. The van der Waals surface area contributed by atoms with Crippen LogP contribution < -0.4 is 14.8 Å². The number of amides is 1. The van der Waals surface area contributed by atoms with Crippen LogP contribution in [-0.4, -0.2) is 65.4 Å². The summed E-state index contributed by atoms with van der Waals surface area (Å²) in [6.45, 7) is 2.85. The molecule has 10 heteroatoms. The van der Waals surface area contributed by atoms with E-state index in [1.165, 1.54) is 0 Å². The Bertz CT molecular complexity index is 957. The molecule has 0 spiro atoms. The number of likely N-dealkylation sites (tertiary alicyclic amines) is 1. The average Bonchev–Trinajstić information content (AvgIpc) is 2.85. The van der Waals surface area contributed by atoms with Crippen LogP contribution >= 0.6 is 0 Å². The first-order valence-corrected chi connectivity index (χ1v) is 10.7. The predicted octanol–water partition coefficient (Wildman–Crippen LogP) is 2.09. The van der Waals surface area contributed by atoms with Gasteiger partial charge in [-0.15, -0.1) is 0 Å². The number of carbonyl (C=O) groups is 3. The summed E-state index contributed by atoms with van der Waals surface area (Å²) in [4.78, 5) is 33.0. The van der Waals surface area contributed by atoms with Gasteiger partial charge in [-0.1, -0.05) is 24.3 Å². The topological polar surface area (TPSA) is 146 Å². The van der Waals surface area contributed by atoms with Gasteiger partial charge in [0.1, 0.15) is 5.75 Å². The first kappa shape index (κ1) is 26.5. The van der Waals surface area contributed by atoms with Gasteiger partial charge in [0.2, 0.25) is 5.91 Å². The second-order valence-electron chi connectivity index (χ2n) is 7.69. The van der Waals surface area contributed by atoms with Gasteiger partial charge in [0.15, 0.2) is 11.5 Å². The third kappa shape index (κ3) is 7.96. The first-order chi connectivity index (χ1) is 16.2. The zero-order valence-electron chi connectivity index (χ0n) is 19.2. The van der Waals surface area contributed by atoms with Crippen molar-refractivity contribution < 1.29 is 39.2 Å². The Balaban J connectivity index is 0.000000604. The summed E-state index contributed by atoms with van der Waals surface area (Å²) in [7, 11) is 3.19. The largest absolute Gasteiger partial charge is 0.504 e. The number of carbonyl (C=O) groups excluding carboxylic acids is 1. The molecule has 1 amide bonds. The number of carboxylic acid groups (broad SMARTS) is 2. The summed E-state index contributed by atoms with van der Waals surface area (Å²) in [6.07, 6.45) is 1.64. The normalized spacial score (nSPS) is 13.8. The molecule has 10 nitrogen and oxygen atoms in total. The van der Waals surface area contributed by atoms with E-state index in [1.807, 2.05) is 36.4 Å². The van der Waals surface area contributed by atoms with Gasteiger partial charge in [0.25, 0.3) is 0 Å². The van der Waals surface area contributed by atoms with Gasteiger partial charge in [-0.3, -0.25) is 9.69 Å². The zero-order valence-corrected chi connectivity index (χ0v) is 19.2. The van der Waals surface area contributed by atoms with E-state index in [4.69, 9.17) is 29.3 Å². The summed E-state index contributed by atoms with van der Waals surface area (Å²) in [5.74, 6) is -2.00. The fraction of sp³-hybridized carbons (Fsp3) is 0.375. The number of piperidine rings is 1. The number of nitrogens with one attached hydrogen (secondary N) is 1. The van der Waals surface area contributed by atoms with Crippen LogP contribution in [0.3, 0.4) is 0 Å². The SMILES string of the molecule is COc1ccc(CNC(=O)C2CCN(Cc3cccc(OC)c3O)CC2)cc1.O=C(O)C(=O)O. The van der Waals surface area contributed by atoms with E-state index in [9.17, 15) is 9.90 Å². The molecule has 0 saturated carbocycles. The Labute approximate surface area is 197 Å². The lowest BCUT2D eigenvalue weighted by atomic mass is 9.95. The fourth-order valence-corrected chi connectivity index (χ4v) is 3.53. The van der Waals surface area contributed by atoms with E-state index in [-0.39, 0.29) is 17.6 Å². The smallest absolute Gasteiger partial charge is 0.414 e. The molecule has 0 bridgehead atoms. The maximum atomic E-state index is 12.5. The third-order valence-corrected chi connectivity index (χ3v) is 5.46. The van der Waals surface area contributed by atoms with Gasteiger partial charge < -0.3 is 30.1 Å². The molecule has 1 aliphatic heterocycles. The van der Waals surface area contributed by atoms with E-state index in [0.717, 1.165) is 42.8 Å². The summed E-state index contributed by atoms with van der Waals surface area (Å²) < 4.78 is 10.3. The summed E-state index contributed by atoms with van der Waals surface area (Å²) in [5.41, 5.74) is 1.90. The van der Waals surface area contributed by atoms with Crippen molar-refractivity contribution in [3.05, 3.63) is 53.6 Å². The van der Waals surface area contributed by atoms with Gasteiger partial charge in [0.05, 0.1) is 14.2 Å². The third-order valence-electron chi connectivity index (χ3n) is 5.46. The minimum absolute atomic E-state index is 0.0356. The predicted molar refractivity (Wildman–Crippen MR) is 123 cm³/mol. The number of aromatic hydroxyl groups is 1. The number of benzene rings is 2. The quantitative estimate of drug-likeness (QED) is 0.443. The number of methoxy groups -OCH3 is 2. The molecule has 34 heavy (non-hydrogen) atoms. The molecule has 4 N–H and O–H groups in total. The van der Waals surface area contributed by atoms with Crippen molar-refractivity contribution in [2.75, 3.05) is 27.3 Å². The zero-order chi connectivity index (χ0) is 25.1. The summed E-state index contributed by atoms with van der Waals surface area (Å²) >= 11 is 0. The fourth-order valence-electron chi connectivity index (χ4n) is 3.53. The van der Waals surface area contributed by atoms with E-state index in [0.29, 0.717) is 18.8 Å².